The number of rotatable bonds is 4. The average molecular weight is 382 g/mol. The third kappa shape index (κ3) is 3.42. The van der Waals surface area contributed by atoms with Crippen LogP contribution in [-0.2, 0) is 22.6 Å². The summed E-state index contributed by atoms with van der Waals surface area (Å²) in [5.74, 6) is 0.264. The summed E-state index contributed by atoms with van der Waals surface area (Å²) in [6.07, 6.45) is 0. The number of amides is 2. The van der Waals surface area contributed by atoms with Crippen LogP contribution in [0.2, 0.25) is 0 Å². The summed E-state index contributed by atoms with van der Waals surface area (Å²) >= 11 is 0. The number of carbonyl (C=O) groups is 2. The second kappa shape index (κ2) is 7.34. The topological polar surface area (TPSA) is 105 Å². The fourth-order valence-corrected chi connectivity index (χ4v) is 3.23. The third-order valence-electron chi connectivity index (χ3n) is 4.70. The number of esters is 1. The normalized spacial score (nSPS) is 14.6. The van der Waals surface area contributed by atoms with Crippen molar-refractivity contribution in [2.75, 3.05) is 13.2 Å². The fourth-order valence-electron chi connectivity index (χ4n) is 3.23. The average Bonchev–Trinajstić information content (AvgIpc) is 3.31. The second-order valence-electron chi connectivity index (χ2n) is 6.69. The lowest BCUT2D eigenvalue weighted by molar-refractivity contribution is -0.144. The molecular weight excluding hydrogens is 360 g/mol. The third-order valence-corrected chi connectivity index (χ3v) is 4.70. The molecule has 9 heteroatoms. The molecule has 2 N–H and O–H groups in total. The van der Waals surface area contributed by atoms with Crippen molar-refractivity contribution in [2.45, 2.75) is 33.0 Å². The van der Waals surface area contributed by atoms with E-state index in [-0.39, 0.29) is 12.6 Å². The van der Waals surface area contributed by atoms with E-state index in [0.717, 1.165) is 22.4 Å². The summed E-state index contributed by atoms with van der Waals surface area (Å²) in [6.45, 7) is 5.13. The Morgan fingerprint density at radius 1 is 1.32 bits per heavy atom. The number of hydrogen-bond acceptors (Lipinski definition) is 5. The maximum Gasteiger partial charge on any atom is 0.328 e. The molecule has 146 valence electrons. The number of H-pyrrole nitrogens is 1. The van der Waals surface area contributed by atoms with Crippen LogP contribution in [0.3, 0.4) is 0 Å². The van der Waals surface area contributed by atoms with Crippen LogP contribution in [0.25, 0.3) is 22.6 Å². The first kappa shape index (κ1) is 18.0. The van der Waals surface area contributed by atoms with Gasteiger partial charge in [-0.25, -0.2) is 14.6 Å². The van der Waals surface area contributed by atoms with Crippen molar-refractivity contribution in [3.63, 3.8) is 0 Å². The summed E-state index contributed by atoms with van der Waals surface area (Å²) in [5, 5.41) is 7.30. The number of aromatic amines is 1. The molecule has 0 radical (unpaired) electrons. The monoisotopic (exact) mass is 382 g/mol. The molecule has 2 aromatic heterocycles. The van der Waals surface area contributed by atoms with E-state index in [1.165, 1.54) is 0 Å². The molecule has 0 unspecified atom stereocenters. The molecule has 1 aliphatic rings. The van der Waals surface area contributed by atoms with Crippen LogP contribution in [0.4, 0.5) is 4.79 Å². The van der Waals surface area contributed by atoms with E-state index in [1.807, 2.05) is 35.0 Å². The molecule has 28 heavy (non-hydrogen) atoms. The maximum atomic E-state index is 12.5. The zero-order chi connectivity index (χ0) is 19.7. The van der Waals surface area contributed by atoms with Crippen LogP contribution in [0, 0.1) is 0 Å². The first-order chi connectivity index (χ1) is 13.5. The van der Waals surface area contributed by atoms with Crippen molar-refractivity contribution < 1.29 is 14.3 Å². The SMILES string of the molecule is CCOC(=O)[C@@H](C)NC(=O)N1CCn2nc(-c3nc4ccccc4[nH]3)cc2C1. The Hall–Kier alpha value is -3.36. The van der Waals surface area contributed by atoms with Gasteiger partial charge in [-0.1, -0.05) is 12.1 Å². The van der Waals surface area contributed by atoms with Gasteiger partial charge in [0.2, 0.25) is 0 Å². The largest absolute Gasteiger partial charge is 0.464 e. The summed E-state index contributed by atoms with van der Waals surface area (Å²) in [5.41, 5.74) is 3.50. The molecule has 1 aromatic carbocycles. The van der Waals surface area contributed by atoms with Crippen LogP contribution in [0.5, 0.6) is 0 Å². The minimum Gasteiger partial charge on any atom is -0.464 e. The second-order valence-corrected chi connectivity index (χ2v) is 6.69. The molecule has 0 aliphatic carbocycles. The van der Waals surface area contributed by atoms with Gasteiger partial charge in [0, 0.05) is 6.54 Å². The zero-order valence-electron chi connectivity index (χ0n) is 15.8. The van der Waals surface area contributed by atoms with Crippen molar-refractivity contribution in [1.29, 1.82) is 0 Å². The number of imidazole rings is 1. The number of nitrogens with one attached hydrogen (secondary N) is 2. The molecule has 0 saturated carbocycles. The van der Waals surface area contributed by atoms with E-state index in [4.69, 9.17) is 4.74 Å². The number of nitrogens with zero attached hydrogens (tertiary/aromatic N) is 4. The van der Waals surface area contributed by atoms with Crippen LogP contribution >= 0.6 is 0 Å². The van der Waals surface area contributed by atoms with Gasteiger partial charge in [-0.3, -0.25) is 4.68 Å². The Kier molecular flexibility index (Phi) is 4.72. The quantitative estimate of drug-likeness (QED) is 0.671. The van der Waals surface area contributed by atoms with Gasteiger partial charge in [0.1, 0.15) is 11.7 Å². The minimum atomic E-state index is -0.689. The highest BCUT2D eigenvalue weighted by atomic mass is 16.5. The Morgan fingerprint density at radius 3 is 2.93 bits per heavy atom. The summed E-state index contributed by atoms with van der Waals surface area (Å²) in [4.78, 5) is 33.7. The van der Waals surface area contributed by atoms with E-state index in [2.05, 4.69) is 20.4 Å². The van der Waals surface area contributed by atoms with Gasteiger partial charge in [-0.15, -0.1) is 0 Å². The van der Waals surface area contributed by atoms with Gasteiger partial charge in [0.15, 0.2) is 5.82 Å². The number of benzene rings is 1. The number of fused-ring (bicyclic) bond motifs is 2. The molecule has 3 aromatic rings. The Morgan fingerprint density at radius 2 is 2.14 bits per heavy atom. The van der Waals surface area contributed by atoms with Gasteiger partial charge in [-0.2, -0.15) is 5.10 Å². The zero-order valence-corrected chi connectivity index (χ0v) is 15.8. The van der Waals surface area contributed by atoms with E-state index < -0.39 is 12.0 Å². The first-order valence-corrected chi connectivity index (χ1v) is 9.29. The summed E-state index contributed by atoms with van der Waals surface area (Å²) < 4.78 is 6.82. The number of hydrogen-bond donors (Lipinski definition) is 2. The Labute approximate surface area is 161 Å². The number of aromatic nitrogens is 4. The van der Waals surface area contributed by atoms with E-state index in [1.54, 1.807) is 18.7 Å². The highest BCUT2D eigenvalue weighted by Gasteiger charge is 2.26. The number of carbonyl (C=O) groups excluding carboxylic acids is 2. The lowest BCUT2D eigenvalue weighted by Gasteiger charge is -2.28. The van der Waals surface area contributed by atoms with E-state index >= 15 is 0 Å². The molecule has 3 heterocycles. The van der Waals surface area contributed by atoms with E-state index in [9.17, 15) is 9.59 Å². The van der Waals surface area contributed by atoms with Crippen molar-refractivity contribution in [1.82, 2.24) is 30.0 Å². The lowest BCUT2D eigenvalue weighted by atomic mass is 10.3. The highest BCUT2D eigenvalue weighted by molar-refractivity contribution is 5.83. The predicted molar refractivity (Wildman–Crippen MR) is 102 cm³/mol. The smallest absolute Gasteiger partial charge is 0.328 e. The molecule has 4 rings (SSSR count). The first-order valence-electron chi connectivity index (χ1n) is 9.29. The molecular formula is C19H22N6O3. The predicted octanol–water partition coefficient (Wildman–Crippen LogP) is 1.90. The molecule has 0 saturated heterocycles. The van der Waals surface area contributed by atoms with Crippen molar-refractivity contribution in [3.05, 3.63) is 36.0 Å². The molecule has 1 atom stereocenters. The molecule has 0 bridgehead atoms. The molecule has 1 aliphatic heterocycles. The van der Waals surface area contributed by atoms with Gasteiger partial charge < -0.3 is 19.9 Å². The van der Waals surface area contributed by atoms with Crippen molar-refractivity contribution >= 4 is 23.0 Å². The number of ether oxygens (including phenoxy) is 1. The fraction of sp³-hybridized carbons (Fsp3) is 0.368. The van der Waals surface area contributed by atoms with Gasteiger partial charge in [-0.05, 0) is 32.0 Å². The number of urea groups is 1. The van der Waals surface area contributed by atoms with Gasteiger partial charge in [0.05, 0.1) is 36.4 Å². The van der Waals surface area contributed by atoms with Crippen LogP contribution in [0.1, 0.15) is 19.5 Å². The number of para-hydroxylation sites is 2. The highest BCUT2D eigenvalue weighted by Crippen LogP contribution is 2.22. The Bertz CT molecular complexity index is 991. The van der Waals surface area contributed by atoms with Crippen molar-refractivity contribution in [2.24, 2.45) is 0 Å². The molecule has 9 nitrogen and oxygen atoms in total. The Balaban J connectivity index is 1.47. The molecule has 2 amide bonds. The minimum absolute atomic E-state index is 0.284. The summed E-state index contributed by atoms with van der Waals surface area (Å²) in [7, 11) is 0. The maximum absolute atomic E-state index is 12.5. The van der Waals surface area contributed by atoms with Gasteiger partial charge in [0.25, 0.3) is 0 Å². The van der Waals surface area contributed by atoms with Gasteiger partial charge >= 0.3 is 12.0 Å². The van der Waals surface area contributed by atoms with Crippen LogP contribution in [-0.4, -0.2) is 55.8 Å². The molecule has 0 fully saturated rings. The summed E-state index contributed by atoms with van der Waals surface area (Å²) in [6, 6.07) is 8.77. The van der Waals surface area contributed by atoms with Crippen LogP contribution in [0.15, 0.2) is 30.3 Å². The van der Waals surface area contributed by atoms with Crippen LogP contribution < -0.4 is 5.32 Å². The lowest BCUT2D eigenvalue weighted by Crippen LogP contribution is -2.49. The molecule has 0 spiro atoms. The van der Waals surface area contributed by atoms with E-state index in [0.29, 0.717) is 25.5 Å². The standard InChI is InChI=1S/C19H22N6O3/c1-3-28-18(26)12(2)20-19(27)24-8-9-25-13(11-24)10-16(23-25)17-21-14-6-4-5-7-15(14)22-17/h4-7,10,12H,3,8-9,11H2,1-2H3,(H,20,27)(H,21,22)/t12-/m1/s1. The van der Waals surface area contributed by atoms with Crippen molar-refractivity contribution in [3.8, 4) is 11.5 Å².